The lowest BCUT2D eigenvalue weighted by Crippen LogP contribution is -2.26. The van der Waals surface area contributed by atoms with Gasteiger partial charge in [-0.1, -0.05) is 33.1 Å². The van der Waals surface area contributed by atoms with Crippen LogP contribution in [0, 0.1) is 5.92 Å². The molecule has 0 aliphatic heterocycles. The van der Waals surface area contributed by atoms with Crippen LogP contribution in [0.5, 0.6) is 0 Å². The zero-order chi connectivity index (χ0) is 13.7. The van der Waals surface area contributed by atoms with Crippen molar-refractivity contribution in [3.63, 3.8) is 0 Å². The number of hydrogen-bond donors (Lipinski definition) is 1. The van der Waals surface area contributed by atoms with Gasteiger partial charge in [0.05, 0.1) is 11.9 Å². The van der Waals surface area contributed by atoms with Gasteiger partial charge >= 0.3 is 0 Å². The standard InChI is InChI=1S/C15H25N3O/c1-3-5-6-12(4-2)11-18-15(19)9-14(10-16-18)17-13-7-8-13/h9-10,12-13,17H,3-8,11H2,1-2H3. The van der Waals surface area contributed by atoms with E-state index < -0.39 is 0 Å². The minimum atomic E-state index is 0.0144. The first-order valence-corrected chi connectivity index (χ1v) is 7.56. The third kappa shape index (κ3) is 4.37. The SMILES string of the molecule is CCCCC(CC)Cn1ncc(NC2CC2)cc1=O. The van der Waals surface area contributed by atoms with Gasteiger partial charge in [0.1, 0.15) is 0 Å². The summed E-state index contributed by atoms with van der Waals surface area (Å²) >= 11 is 0. The van der Waals surface area contributed by atoms with Crippen molar-refractivity contribution >= 4 is 5.69 Å². The second kappa shape index (κ2) is 6.73. The lowest BCUT2D eigenvalue weighted by molar-refractivity contribution is 0.363. The summed E-state index contributed by atoms with van der Waals surface area (Å²) in [5.74, 6) is 0.562. The van der Waals surface area contributed by atoms with Crippen molar-refractivity contribution < 1.29 is 0 Å². The molecule has 1 unspecified atom stereocenters. The van der Waals surface area contributed by atoms with Crippen molar-refractivity contribution in [1.29, 1.82) is 0 Å². The molecule has 4 heteroatoms. The number of hydrogen-bond acceptors (Lipinski definition) is 3. The molecule has 1 aromatic heterocycles. The summed E-state index contributed by atoms with van der Waals surface area (Å²) in [6.45, 7) is 5.14. The van der Waals surface area contributed by atoms with Crippen LogP contribution in [0.3, 0.4) is 0 Å². The van der Waals surface area contributed by atoms with Crippen molar-refractivity contribution in [3.05, 3.63) is 22.6 Å². The molecule has 1 aliphatic rings. The van der Waals surface area contributed by atoms with Crippen LogP contribution in [-0.4, -0.2) is 15.8 Å². The van der Waals surface area contributed by atoms with Gasteiger partial charge in [-0.3, -0.25) is 4.79 Å². The second-order valence-corrected chi connectivity index (χ2v) is 5.60. The largest absolute Gasteiger partial charge is 0.381 e. The van der Waals surface area contributed by atoms with Crippen molar-refractivity contribution in [2.45, 2.75) is 65.0 Å². The fourth-order valence-corrected chi connectivity index (χ4v) is 2.27. The van der Waals surface area contributed by atoms with Gasteiger partial charge in [-0.15, -0.1) is 0 Å². The zero-order valence-corrected chi connectivity index (χ0v) is 12.1. The van der Waals surface area contributed by atoms with Crippen LogP contribution in [-0.2, 0) is 6.54 Å². The van der Waals surface area contributed by atoms with Crippen LogP contribution >= 0.6 is 0 Å². The van der Waals surface area contributed by atoms with Crippen LogP contribution in [0.4, 0.5) is 5.69 Å². The Morgan fingerprint density at radius 1 is 1.47 bits per heavy atom. The normalized spacial score (nSPS) is 16.3. The summed E-state index contributed by atoms with van der Waals surface area (Å²) in [5.41, 5.74) is 0.881. The number of anilines is 1. The van der Waals surface area contributed by atoms with Gasteiger partial charge in [0, 0.05) is 18.7 Å². The fourth-order valence-electron chi connectivity index (χ4n) is 2.27. The van der Waals surface area contributed by atoms with E-state index in [4.69, 9.17) is 0 Å². The lowest BCUT2D eigenvalue weighted by Gasteiger charge is -2.15. The van der Waals surface area contributed by atoms with Gasteiger partial charge in [-0.25, -0.2) is 4.68 Å². The number of unbranched alkanes of at least 4 members (excludes halogenated alkanes) is 1. The van der Waals surface area contributed by atoms with E-state index in [-0.39, 0.29) is 5.56 Å². The third-order valence-corrected chi connectivity index (χ3v) is 3.79. The quantitative estimate of drug-likeness (QED) is 0.784. The average Bonchev–Trinajstić information content (AvgIpc) is 3.21. The Bertz CT molecular complexity index is 451. The van der Waals surface area contributed by atoms with Crippen LogP contribution < -0.4 is 10.9 Å². The number of nitrogens with zero attached hydrogens (tertiary/aromatic N) is 2. The van der Waals surface area contributed by atoms with Gasteiger partial charge in [-0.2, -0.15) is 5.10 Å². The Balaban J connectivity index is 1.96. The number of nitrogens with one attached hydrogen (secondary N) is 1. The Morgan fingerprint density at radius 2 is 2.26 bits per heavy atom. The Kier molecular flexibility index (Phi) is 5.00. The molecule has 0 bridgehead atoms. The molecular weight excluding hydrogens is 238 g/mol. The van der Waals surface area contributed by atoms with Crippen LogP contribution in [0.15, 0.2) is 17.1 Å². The van der Waals surface area contributed by atoms with Gasteiger partial charge in [0.2, 0.25) is 0 Å². The Morgan fingerprint density at radius 3 is 2.84 bits per heavy atom. The molecule has 1 aromatic rings. The minimum Gasteiger partial charge on any atom is -0.381 e. The first kappa shape index (κ1) is 14.1. The van der Waals surface area contributed by atoms with Crippen molar-refractivity contribution in [1.82, 2.24) is 9.78 Å². The predicted octanol–water partition coefficient (Wildman–Crippen LogP) is 3.03. The maximum atomic E-state index is 12.0. The highest BCUT2D eigenvalue weighted by molar-refractivity contribution is 5.41. The number of aromatic nitrogens is 2. The topological polar surface area (TPSA) is 46.9 Å². The molecule has 0 amide bonds. The monoisotopic (exact) mass is 263 g/mol. The highest BCUT2D eigenvalue weighted by atomic mass is 16.1. The summed E-state index contributed by atoms with van der Waals surface area (Å²) in [6, 6.07) is 2.24. The number of rotatable bonds is 8. The molecule has 0 radical (unpaired) electrons. The van der Waals surface area contributed by atoms with Crippen LogP contribution in [0.2, 0.25) is 0 Å². The molecule has 1 atom stereocenters. The first-order valence-electron chi connectivity index (χ1n) is 7.56. The Labute approximate surface area is 115 Å². The van der Waals surface area contributed by atoms with Gasteiger partial charge < -0.3 is 5.32 Å². The van der Waals surface area contributed by atoms with E-state index in [9.17, 15) is 4.79 Å². The molecule has 1 heterocycles. The van der Waals surface area contributed by atoms with E-state index in [0.717, 1.165) is 18.7 Å². The van der Waals surface area contributed by atoms with Crippen molar-refractivity contribution in [2.75, 3.05) is 5.32 Å². The molecule has 1 aliphatic carbocycles. The first-order chi connectivity index (χ1) is 9.22. The summed E-state index contributed by atoms with van der Waals surface area (Å²) in [4.78, 5) is 12.0. The van der Waals surface area contributed by atoms with Crippen LogP contribution in [0.25, 0.3) is 0 Å². The molecule has 4 nitrogen and oxygen atoms in total. The molecule has 1 fully saturated rings. The summed E-state index contributed by atoms with van der Waals surface area (Å²) in [7, 11) is 0. The fraction of sp³-hybridized carbons (Fsp3) is 0.733. The molecular formula is C15H25N3O. The van der Waals surface area contributed by atoms with E-state index >= 15 is 0 Å². The molecule has 1 N–H and O–H groups in total. The van der Waals surface area contributed by atoms with E-state index in [1.54, 1.807) is 16.9 Å². The van der Waals surface area contributed by atoms with E-state index in [0.29, 0.717) is 12.0 Å². The van der Waals surface area contributed by atoms with Gasteiger partial charge in [0.25, 0.3) is 5.56 Å². The van der Waals surface area contributed by atoms with E-state index in [1.807, 2.05) is 0 Å². The molecule has 2 rings (SSSR count). The molecule has 106 valence electrons. The maximum Gasteiger partial charge on any atom is 0.268 e. The summed E-state index contributed by atoms with van der Waals surface area (Å²) in [6.07, 6.45) is 8.93. The van der Waals surface area contributed by atoms with Gasteiger partial charge in [-0.05, 0) is 25.2 Å². The summed E-state index contributed by atoms with van der Waals surface area (Å²) in [5, 5.41) is 7.61. The molecule has 0 aromatic carbocycles. The average molecular weight is 263 g/mol. The predicted molar refractivity (Wildman–Crippen MR) is 78.4 cm³/mol. The molecule has 1 saturated carbocycles. The summed E-state index contributed by atoms with van der Waals surface area (Å²) < 4.78 is 1.61. The Hall–Kier alpha value is -1.32. The molecule has 0 saturated heterocycles. The van der Waals surface area contributed by atoms with E-state index in [1.165, 1.54) is 32.1 Å². The minimum absolute atomic E-state index is 0.0144. The van der Waals surface area contributed by atoms with Gasteiger partial charge in [0.15, 0.2) is 0 Å². The maximum absolute atomic E-state index is 12.0. The van der Waals surface area contributed by atoms with Crippen LogP contribution in [0.1, 0.15) is 52.4 Å². The molecule has 19 heavy (non-hydrogen) atoms. The van der Waals surface area contributed by atoms with Crippen molar-refractivity contribution in [3.8, 4) is 0 Å². The zero-order valence-electron chi connectivity index (χ0n) is 12.1. The smallest absolute Gasteiger partial charge is 0.268 e. The molecule has 0 spiro atoms. The van der Waals surface area contributed by atoms with Crippen molar-refractivity contribution in [2.24, 2.45) is 5.92 Å². The highest BCUT2D eigenvalue weighted by Crippen LogP contribution is 2.23. The lowest BCUT2D eigenvalue weighted by atomic mass is 9.99. The van der Waals surface area contributed by atoms with E-state index in [2.05, 4.69) is 24.3 Å². The third-order valence-electron chi connectivity index (χ3n) is 3.79. The highest BCUT2D eigenvalue weighted by Gasteiger charge is 2.21. The second-order valence-electron chi connectivity index (χ2n) is 5.60.